The summed E-state index contributed by atoms with van der Waals surface area (Å²) in [5.74, 6) is 1.33. The van der Waals surface area contributed by atoms with Crippen LogP contribution in [0.5, 0.6) is 5.75 Å². The Labute approximate surface area is 122 Å². The maximum absolute atomic E-state index is 12.6. The summed E-state index contributed by atoms with van der Waals surface area (Å²) in [6, 6.07) is 4.15. The molecule has 0 saturated heterocycles. The Bertz CT molecular complexity index is 516. The van der Waals surface area contributed by atoms with Gasteiger partial charge in [0.2, 0.25) is 0 Å². The Morgan fingerprint density at radius 1 is 1.37 bits per heavy atom. The molecule has 0 radical (unpaired) electrons. The van der Waals surface area contributed by atoms with E-state index < -0.39 is 0 Å². The van der Waals surface area contributed by atoms with Crippen LogP contribution in [-0.4, -0.2) is 12.4 Å². The Kier molecular flexibility index (Phi) is 3.42. The predicted molar refractivity (Wildman–Crippen MR) is 78.6 cm³/mol. The number of ketones is 1. The van der Waals surface area contributed by atoms with Crippen LogP contribution in [0.1, 0.15) is 43.7 Å². The summed E-state index contributed by atoms with van der Waals surface area (Å²) in [7, 11) is 0. The molecule has 0 unspecified atom stereocenters. The van der Waals surface area contributed by atoms with Gasteiger partial charge in [0.1, 0.15) is 11.5 Å². The highest BCUT2D eigenvalue weighted by atomic mass is 79.9. The third-order valence-electron chi connectivity index (χ3n) is 4.56. The van der Waals surface area contributed by atoms with E-state index in [4.69, 9.17) is 4.74 Å². The number of fused-ring (bicyclic) bond motifs is 1. The van der Waals surface area contributed by atoms with Crippen molar-refractivity contribution < 1.29 is 9.53 Å². The molecule has 0 aromatic heterocycles. The summed E-state index contributed by atoms with van der Waals surface area (Å²) in [5.41, 5.74) is 2.18. The molecule has 0 spiro atoms. The number of hydrogen-bond donors (Lipinski definition) is 0. The lowest BCUT2D eigenvalue weighted by Gasteiger charge is -2.22. The number of halogens is 1. The van der Waals surface area contributed by atoms with Crippen molar-refractivity contribution in [1.29, 1.82) is 0 Å². The average molecular weight is 323 g/mol. The maximum atomic E-state index is 12.6. The van der Waals surface area contributed by atoms with E-state index in [0.717, 1.165) is 41.7 Å². The van der Waals surface area contributed by atoms with Crippen LogP contribution in [0.15, 0.2) is 16.6 Å². The van der Waals surface area contributed by atoms with Gasteiger partial charge in [0, 0.05) is 28.3 Å². The highest BCUT2D eigenvalue weighted by Gasteiger charge is 2.36. The van der Waals surface area contributed by atoms with Gasteiger partial charge in [-0.05, 0) is 30.5 Å². The summed E-state index contributed by atoms with van der Waals surface area (Å²) >= 11 is 3.54. The van der Waals surface area contributed by atoms with Crippen molar-refractivity contribution in [1.82, 2.24) is 0 Å². The molecule has 102 valence electrons. The Morgan fingerprint density at radius 2 is 2.11 bits per heavy atom. The first kappa shape index (κ1) is 13.2. The SMILES string of the molecule is CC1(C(=O)Cc2cc(Br)cc3c2OCC3)CCCC1. The van der Waals surface area contributed by atoms with Gasteiger partial charge in [0.15, 0.2) is 0 Å². The third kappa shape index (κ3) is 2.45. The van der Waals surface area contributed by atoms with Crippen LogP contribution in [0.25, 0.3) is 0 Å². The standard InChI is InChI=1S/C16H19BrO2/c1-16(5-2-3-6-16)14(18)10-12-9-13(17)8-11-4-7-19-15(11)12/h8-9H,2-7,10H2,1H3. The summed E-state index contributed by atoms with van der Waals surface area (Å²) in [6.07, 6.45) is 5.93. The zero-order chi connectivity index (χ0) is 13.5. The van der Waals surface area contributed by atoms with Gasteiger partial charge in [0.25, 0.3) is 0 Å². The number of Topliss-reactive ketones (excluding diaryl/α,β-unsaturated/α-hetero) is 1. The first-order chi connectivity index (χ1) is 9.08. The molecule has 1 aromatic carbocycles. The number of carbonyl (C=O) groups is 1. The van der Waals surface area contributed by atoms with Crippen molar-refractivity contribution in [2.45, 2.75) is 45.4 Å². The molecule has 0 N–H and O–H groups in total. The maximum Gasteiger partial charge on any atom is 0.143 e. The number of ether oxygens (including phenoxy) is 1. The van der Waals surface area contributed by atoms with Crippen LogP contribution >= 0.6 is 15.9 Å². The molecule has 3 heteroatoms. The molecule has 1 aromatic rings. The molecule has 3 rings (SSSR count). The molecule has 1 saturated carbocycles. The molecule has 2 nitrogen and oxygen atoms in total. The highest BCUT2D eigenvalue weighted by Crippen LogP contribution is 2.41. The normalized spacial score (nSPS) is 20.1. The van der Waals surface area contributed by atoms with Crippen molar-refractivity contribution in [2.24, 2.45) is 5.41 Å². The Hall–Kier alpha value is -0.830. The Balaban J connectivity index is 1.86. The zero-order valence-corrected chi connectivity index (χ0v) is 12.9. The lowest BCUT2D eigenvalue weighted by molar-refractivity contribution is -0.126. The Morgan fingerprint density at radius 3 is 2.84 bits per heavy atom. The quantitative estimate of drug-likeness (QED) is 0.838. The second-order valence-corrected chi connectivity index (χ2v) is 6.94. The first-order valence-corrected chi connectivity index (χ1v) is 7.85. The molecule has 2 aliphatic rings. The van der Waals surface area contributed by atoms with E-state index in [-0.39, 0.29) is 5.41 Å². The van der Waals surface area contributed by atoms with E-state index in [0.29, 0.717) is 12.2 Å². The van der Waals surface area contributed by atoms with Crippen molar-refractivity contribution in [3.63, 3.8) is 0 Å². The van der Waals surface area contributed by atoms with E-state index in [1.54, 1.807) is 0 Å². The van der Waals surface area contributed by atoms with Crippen LogP contribution in [0, 0.1) is 5.41 Å². The van der Waals surface area contributed by atoms with Gasteiger partial charge in [-0.1, -0.05) is 35.7 Å². The molecule has 1 aliphatic carbocycles. The molecule has 1 aliphatic heterocycles. The van der Waals surface area contributed by atoms with Gasteiger partial charge in [-0.3, -0.25) is 4.79 Å². The van der Waals surface area contributed by atoms with E-state index >= 15 is 0 Å². The van der Waals surface area contributed by atoms with Crippen LogP contribution < -0.4 is 4.74 Å². The van der Waals surface area contributed by atoms with Gasteiger partial charge >= 0.3 is 0 Å². The highest BCUT2D eigenvalue weighted by molar-refractivity contribution is 9.10. The second kappa shape index (κ2) is 4.93. The fraction of sp³-hybridized carbons (Fsp3) is 0.562. The van der Waals surface area contributed by atoms with E-state index in [1.807, 2.05) is 6.07 Å². The summed E-state index contributed by atoms with van der Waals surface area (Å²) in [4.78, 5) is 12.6. The molecule has 1 heterocycles. The second-order valence-electron chi connectivity index (χ2n) is 6.02. The summed E-state index contributed by atoms with van der Waals surface area (Å²) in [5, 5.41) is 0. The molecule has 0 bridgehead atoms. The summed E-state index contributed by atoms with van der Waals surface area (Å²) < 4.78 is 6.76. The molecule has 0 amide bonds. The largest absolute Gasteiger partial charge is 0.493 e. The molecule has 1 fully saturated rings. The molecular weight excluding hydrogens is 304 g/mol. The van der Waals surface area contributed by atoms with Crippen LogP contribution in [-0.2, 0) is 17.6 Å². The smallest absolute Gasteiger partial charge is 0.143 e. The van der Waals surface area contributed by atoms with E-state index in [2.05, 4.69) is 28.9 Å². The topological polar surface area (TPSA) is 26.3 Å². The fourth-order valence-electron chi connectivity index (χ4n) is 3.30. The van der Waals surface area contributed by atoms with Crippen molar-refractivity contribution >= 4 is 21.7 Å². The third-order valence-corrected chi connectivity index (χ3v) is 5.01. The number of benzene rings is 1. The predicted octanol–water partition coefficient (Wildman–Crippen LogP) is 4.08. The number of rotatable bonds is 3. The van der Waals surface area contributed by atoms with Crippen LogP contribution in [0.3, 0.4) is 0 Å². The van der Waals surface area contributed by atoms with Crippen LogP contribution in [0.4, 0.5) is 0 Å². The van der Waals surface area contributed by atoms with E-state index in [9.17, 15) is 4.79 Å². The first-order valence-electron chi connectivity index (χ1n) is 7.06. The number of hydrogen-bond acceptors (Lipinski definition) is 2. The molecule has 0 atom stereocenters. The monoisotopic (exact) mass is 322 g/mol. The summed E-state index contributed by atoms with van der Waals surface area (Å²) in [6.45, 7) is 2.87. The lowest BCUT2D eigenvalue weighted by Crippen LogP contribution is -2.26. The lowest BCUT2D eigenvalue weighted by atomic mass is 9.81. The minimum absolute atomic E-state index is 0.103. The van der Waals surface area contributed by atoms with Gasteiger partial charge < -0.3 is 4.74 Å². The fourth-order valence-corrected chi connectivity index (χ4v) is 3.85. The van der Waals surface area contributed by atoms with E-state index in [1.165, 1.54) is 18.4 Å². The van der Waals surface area contributed by atoms with Gasteiger partial charge in [-0.15, -0.1) is 0 Å². The average Bonchev–Trinajstić information content (AvgIpc) is 2.98. The minimum atomic E-state index is -0.103. The zero-order valence-electron chi connectivity index (χ0n) is 11.3. The minimum Gasteiger partial charge on any atom is -0.493 e. The van der Waals surface area contributed by atoms with Crippen LogP contribution in [0.2, 0.25) is 0 Å². The van der Waals surface area contributed by atoms with Gasteiger partial charge in [-0.2, -0.15) is 0 Å². The number of carbonyl (C=O) groups excluding carboxylic acids is 1. The molecular formula is C16H19BrO2. The van der Waals surface area contributed by atoms with Crippen molar-refractivity contribution in [3.05, 3.63) is 27.7 Å². The molecule has 19 heavy (non-hydrogen) atoms. The van der Waals surface area contributed by atoms with Crippen molar-refractivity contribution in [2.75, 3.05) is 6.61 Å². The van der Waals surface area contributed by atoms with Gasteiger partial charge in [-0.25, -0.2) is 0 Å². The van der Waals surface area contributed by atoms with Crippen molar-refractivity contribution in [3.8, 4) is 5.75 Å². The van der Waals surface area contributed by atoms with Gasteiger partial charge in [0.05, 0.1) is 6.61 Å².